The van der Waals surface area contributed by atoms with Crippen molar-refractivity contribution in [2.45, 2.75) is 63.6 Å². The largest absolute Gasteiger partial charge is 0.374 e. The molecule has 1 aliphatic heterocycles. The minimum Gasteiger partial charge on any atom is -0.374 e. The molecule has 1 heterocycles. The highest BCUT2D eigenvalue weighted by atomic mass is 32.2. The van der Waals surface area contributed by atoms with Gasteiger partial charge in [-0.15, -0.1) is 6.58 Å². The molecule has 3 rings (SSSR count). The molecule has 2 aromatic rings. The predicted molar refractivity (Wildman–Crippen MR) is 151 cm³/mol. The standard InChI is InChI=1S/C29H37N3O6S/c1-3-16-35-27-25(21-34-19-23-12-6-4-7-13-23)38-29(36-17-10-11-18-39-22(2)33)26(31-32-30)28(27)37-20-24-14-8-5-9-15-24/h3-9,12-15,25-29H,1,10-11,16-21H2,2H3/t25-,26-,27-,28-,29-/m1/s1. The Balaban J connectivity index is 1.75. The van der Waals surface area contributed by atoms with Gasteiger partial charge in [0.05, 0.1) is 26.4 Å². The number of thioether (sulfide) groups is 1. The van der Waals surface area contributed by atoms with Crippen LogP contribution in [0.1, 0.15) is 30.9 Å². The molecule has 0 aromatic heterocycles. The van der Waals surface area contributed by atoms with Crippen molar-refractivity contribution in [1.82, 2.24) is 0 Å². The average molecular weight is 556 g/mol. The van der Waals surface area contributed by atoms with Gasteiger partial charge in [-0.1, -0.05) is 83.6 Å². The number of unbranched alkanes of at least 4 members (excludes halogenated alkanes) is 1. The van der Waals surface area contributed by atoms with Crippen LogP contribution in [0.15, 0.2) is 78.4 Å². The summed E-state index contributed by atoms with van der Waals surface area (Å²) in [7, 11) is 0. The Bertz CT molecular complexity index is 1040. The lowest BCUT2D eigenvalue weighted by atomic mass is 9.96. The van der Waals surface area contributed by atoms with Crippen LogP contribution >= 0.6 is 11.8 Å². The summed E-state index contributed by atoms with van der Waals surface area (Å²) in [6, 6.07) is 18.8. The number of rotatable bonds is 17. The Labute approximate surface area is 234 Å². The summed E-state index contributed by atoms with van der Waals surface area (Å²) in [6.07, 6.45) is 0.549. The summed E-state index contributed by atoms with van der Waals surface area (Å²) in [5, 5.41) is 4.12. The maximum atomic E-state index is 11.2. The van der Waals surface area contributed by atoms with Crippen molar-refractivity contribution in [3.05, 3.63) is 94.9 Å². The SMILES string of the molecule is C=CCO[C@H]1[C@H](OCc2ccccc2)[C@@H](N=[N+]=[N-])[C@H](OCCCCSC(C)=O)O[C@@H]1COCc1ccccc1. The highest BCUT2D eigenvalue weighted by Crippen LogP contribution is 2.30. The van der Waals surface area contributed by atoms with Gasteiger partial charge in [-0.25, -0.2) is 0 Å². The molecule has 0 amide bonds. The second-order valence-corrected chi connectivity index (χ2v) is 10.3. The summed E-state index contributed by atoms with van der Waals surface area (Å²) in [5.74, 6) is 0.722. The van der Waals surface area contributed by atoms with E-state index in [0.717, 1.165) is 29.7 Å². The summed E-state index contributed by atoms with van der Waals surface area (Å²) in [5.41, 5.74) is 11.4. The molecular weight excluding hydrogens is 518 g/mol. The lowest BCUT2D eigenvalue weighted by molar-refractivity contribution is -0.283. The Kier molecular flexibility index (Phi) is 14.1. The molecular formula is C29H37N3O6S. The van der Waals surface area contributed by atoms with Gasteiger partial charge in [0.2, 0.25) is 0 Å². The van der Waals surface area contributed by atoms with Crippen LogP contribution in [0.4, 0.5) is 0 Å². The van der Waals surface area contributed by atoms with Crippen LogP contribution < -0.4 is 0 Å². The first kappa shape index (κ1) is 30.8. The first-order valence-corrected chi connectivity index (χ1v) is 14.0. The fourth-order valence-corrected chi connectivity index (χ4v) is 4.81. The normalized spacial score (nSPS) is 22.6. The van der Waals surface area contributed by atoms with Gasteiger partial charge in [0.15, 0.2) is 11.4 Å². The molecule has 0 bridgehead atoms. The number of nitrogens with zero attached hydrogens (tertiary/aromatic N) is 3. The number of azide groups is 1. The first-order chi connectivity index (χ1) is 19.1. The lowest BCUT2D eigenvalue weighted by Gasteiger charge is -2.44. The second-order valence-electron chi connectivity index (χ2n) is 9.00. The Morgan fingerprint density at radius 2 is 1.72 bits per heavy atom. The fraction of sp³-hybridized carbons (Fsp3) is 0.483. The third kappa shape index (κ3) is 10.8. The molecule has 39 heavy (non-hydrogen) atoms. The summed E-state index contributed by atoms with van der Waals surface area (Å²) >= 11 is 1.29. The van der Waals surface area contributed by atoms with Crippen LogP contribution in [-0.4, -0.2) is 61.3 Å². The molecule has 0 aliphatic carbocycles. The maximum Gasteiger partial charge on any atom is 0.185 e. The van der Waals surface area contributed by atoms with E-state index in [2.05, 4.69) is 16.6 Å². The molecule has 9 nitrogen and oxygen atoms in total. The Morgan fingerprint density at radius 3 is 2.36 bits per heavy atom. The van der Waals surface area contributed by atoms with E-state index in [9.17, 15) is 10.3 Å². The Hall–Kier alpha value is -2.69. The summed E-state index contributed by atoms with van der Waals surface area (Å²) in [4.78, 5) is 14.2. The maximum absolute atomic E-state index is 11.2. The molecule has 1 aliphatic rings. The van der Waals surface area contributed by atoms with Crippen molar-refractivity contribution in [2.24, 2.45) is 5.11 Å². The van der Waals surface area contributed by atoms with Gasteiger partial charge >= 0.3 is 0 Å². The highest BCUT2D eigenvalue weighted by molar-refractivity contribution is 8.13. The number of carbonyl (C=O) groups excluding carboxylic acids is 1. The third-order valence-electron chi connectivity index (χ3n) is 6.01. The van der Waals surface area contributed by atoms with Gasteiger partial charge in [0, 0.05) is 24.2 Å². The van der Waals surface area contributed by atoms with Crippen LogP contribution in [0.25, 0.3) is 10.4 Å². The van der Waals surface area contributed by atoms with Crippen molar-refractivity contribution < 1.29 is 28.5 Å². The molecule has 0 saturated carbocycles. The first-order valence-electron chi connectivity index (χ1n) is 13.1. The lowest BCUT2D eigenvalue weighted by Crippen LogP contribution is -2.60. The van der Waals surface area contributed by atoms with E-state index in [1.54, 1.807) is 13.0 Å². The monoisotopic (exact) mass is 555 g/mol. The smallest absolute Gasteiger partial charge is 0.185 e. The second kappa shape index (κ2) is 17.8. The molecule has 0 radical (unpaired) electrons. The van der Waals surface area contributed by atoms with Gasteiger partial charge in [-0.3, -0.25) is 4.79 Å². The van der Waals surface area contributed by atoms with Crippen LogP contribution in [-0.2, 0) is 41.7 Å². The van der Waals surface area contributed by atoms with Crippen LogP contribution in [0.3, 0.4) is 0 Å². The van der Waals surface area contributed by atoms with Crippen molar-refractivity contribution in [2.75, 3.05) is 25.6 Å². The van der Waals surface area contributed by atoms with Gasteiger partial charge in [-0.05, 0) is 29.5 Å². The number of hydrogen-bond donors (Lipinski definition) is 0. The number of benzene rings is 2. The fourth-order valence-electron chi connectivity index (χ4n) is 4.17. The third-order valence-corrected chi connectivity index (χ3v) is 6.91. The summed E-state index contributed by atoms with van der Waals surface area (Å²) < 4.78 is 30.9. The quantitative estimate of drug-likeness (QED) is 0.0792. The minimum absolute atomic E-state index is 0.0947. The van der Waals surface area contributed by atoms with Crippen LogP contribution in [0.5, 0.6) is 0 Å². The number of hydrogen-bond acceptors (Lipinski definition) is 8. The minimum atomic E-state index is -0.851. The van der Waals surface area contributed by atoms with E-state index in [1.165, 1.54) is 11.8 Å². The van der Waals surface area contributed by atoms with Crippen molar-refractivity contribution in [3.8, 4) is 0 Å². The molecule has 0 N–H and O–H groups in total. The molecule has 10 heteroatoms. The molecule has 210 valence electrons. The molecule has 5 atom stereocenters. The number of ether oxygens (including phenoxy) is 5. The zero-order valence-electron chi connectivity index (χ0n) is 22.3. The topological polar surface area (TPSA) is 112 Å². The Morgan fingerprint density at radius 1 is 1.03 bits per heavy atom. The van der Waals surface area contributed by atoms with E-state index in [4.69, 9.17) is 23.7 Å². The van der Waals surface area contributed by atoms with Gasteiger partial charge in [0.1, 0.15) is 24.4 Å². The van der Waals surface area contributed by atoms with Crippen molar-refractivity contribution in [3.63, 3.8) is 0 Å². The van der Waals surface area contributed by atoms with E-state index in [-0.39, 0.29) is 18.3 Å². The highest BCUT2D eigenvalue weighted by Gasteiger charge is 2.47. The zero-order chi connectivity index (χ0) is 27.7. The zero-order valence-corrected chi connectivity index (χ0v) is 23.1. The van der Waals surface area contributed by atoms with E-state index >= 15 is 0 Å². The van der Waals surface area contributed by atoms with Gasteiger partial charge in [-0.2, -0.15) is 0 Å². The molecule has 0 spiro atoms. The van der Waals surface area contributed by atoms with E-state index in [0.29, 0.717) is 19.8 Å². The average Bonchev–Trinajstić information content (AvgIpc) is 2.95. The van der Waals surface area contributed by atoms with E-state index < -0.39 is 30.6 Å². The molecule has 2 aromatic carbocycles. The molecule has 1 fully saturated rings. The van der Waals surface area contributed by atoms with Crippen molar-refractivity contribution >= 4 is 16.9 Å². The van der Waals surface area contributed by atoms with Gasteiger partial charge in [0.25, 0.3) is 0 Å². The van der Waals surface area contributed by atoms with E-state index in [1.807, 2.05) is 60.7 Å². The van der Waals surface area contributed by atoms with Crippen LogP contribution in [0, 0.1) is 0 Å². The van der Waals surface area contributed by atoms with Crippen molar-refractivity contribution in [1.29, 1.82) is 0 Å². The summed E-state index contributed by atoms with van der Waals surface area (Å²) in [6.45, 7) is 6.89. The molecule has 0 unspecified atom stereocenters. The number of carbonyl (C=O) groups is 1. The van der Waals surface area contributed by atoms with Gasteiger partial charge < -0.3 is 23.7 Å². The van der Waals surface area contributed by atoms with Crippen LogP contribution in [0.2, 0.25) is 0 Å². The molecule has 1 saturated heterocycles. The predicted octanol–water partition coefficient (Wildman–Crippen LogP) is 5.84.